The summed E-state index contributed by atoms with van der Waals surface area (Å²) in [6.07, 6.45) is 9.99. The van der Waals surface area contributed by atoms with Gasteiger partial charge in [0, 0.05) is 0 Å². The van der Waals surface area contributed by atoms with Gasteiger partial charge in [0.05, 0.1) is 0 Å². The fraction of sp³-hybridized carbons (Fsp3) is 1.00. The van der Waals surface area contributed by atoms with Gasteiger partial charge in [-0.25, -0.2) is 0 Å². The molecule has 0 bridgehead atoms. The third-order valence-corrected chi connectivity index (χ3v) is 4.68. The smallest absolute Gasteiger partial charge is 0.00719 e. The van der Waals surface area contributed by atoms with Crippen molar-refractivity contribution in [2.75, 3.05) is 6.54 Å². The summed E-state index contributed by atoms with van der Waals surface area (Å²) >= 11 is 0. The van der Waals surface area contributed by atoms with Crippen molar-refractivity contribution in [1.82, 2.24) is 0 Å². The Bertz CT molecular complexity index is 193. The maximum atomic E-state index is 5.78. The molecule has 82 valence electrons. The highest BCUT2D eigenvalue weighted by atomic mass is 14.6. The van der Waals surface area contributed by atoms with E-state index in [-0.39, 0.29) is 0 Å². The molecular weight excluding hydrogens is 170 g/mol. The first-order valence-electron chi connectivity index (χ1n) is 6.28. The molecule has 2 aliphatic carbocycles. The fourth-order valence-corrected chi connectivity index (χ4v) is 3.27. The van der Waals surface area contributed by atoms with Gasteiger partial charge in [0.15, 0.2) is 0 Å². The van der Waals surface area contributed by atoms with Crippen molar-refractivity contribution in [3.63, 3.8) is 0 Å². The van der Waals surface area contributed by atoms with Crippen molar-refractivity contribution in [1.29, 1.82) is 0 Å². The molecule has 1 nitrogen and oxygen atoms in total. The van der Waals surface area contributed by atoms with Crippen molar-refractivity contribution < 1.29 is 0 Å². The molecule has 14 heavy (non-hydrogen) atoms. The number of rotatable bonds is 3. The van der Waals surface area contributed by atoms with Crippen LogP contribution in [0.4, 0.5) is 0 Å². The SMILES string of the molecule is CC1(C)CCC(CCN)(C2CC2)CC1. The summed E-state index contributed by atoms with van der Waals surface area (Å²) in [7, 11) is 0. The number of hydrogen-bond acceptors (Lipinski definition) is 1. The summed E-state index contributed by atoms with van der Waals surface area (Å²) in [6, 6.07) is 0. The molecule has 2 N–H and O–H groups in total. The maximum absolute atomic E-state index is 5.78. The third-order valence-electron chi connectivity index (χ3n) is 4.68. The van der Waals surface area contributed by atoms with E-state index in [4.69, 9.17) is 5.73 Å². The largest absolute Gasteiger partial charge is 0.330 e. The maximum Gasteiger partial charge on any atom is -0.00719 e. The van der Waals surface area contributed by atoms with Crippen LogP contribution in [0.25, 0.3) is 0 Å². The molecule has 0 amide bonds. The predicted octanol–water partition coefficient (Wildman–Crippen LogP) is 3.33. The van der Waals surface area contributed by atoms with Crippen LogP contribution in [0.1, 0.15) is 58.8 Å². The van der Waals surface area contributed by atoms with Crippen LogP contribution in [-0.4, -0.2) is 6.54 Å². The quantitative estimate of drug-likeness (QED) is 0.734. The molecule has 0 spiro atoms. The Labute approximate surface area is 88.4 Å². The second-order valence-electron chi connectivity index (χ2n) is 6.34. The molecule has 2 aliphatic rings. The highest BCUT2D eigenvalue weighted by Crippen LogP contribution is 2.58. The zero-order valence-corrected chi connectivity index (χ0v) is 9.81. The van der Waals surface area contributed by atoms with Crippen molar-refractivity contribution in [2.24, 2.45) is 22.5 Å². The van der Waals surface area contributed by atoms with Gasteiger partial charge in [-0.3, -0.25) is 0 Å². The molecule has 0 heterocycles. The Morgan fingerprint density at radius 1 is 1.07 bits per heavy atom. The Balaban J connectivity index is 2.00. The minimum atomic E-state index is 0.604. The summed E-state index contributed by atoms with van der Waals surface area (Å²) < 4.78 is 0. The number of nitrogens with two attached hydrogens (primary N) is 1. The molecule has 0 saturated heterocycles. The molecule has 0 radical (unpaired) electrons. The van der Waals surface area contributed by atoms with E-state index in [0.29, 0.717) is 10.8 Å². The van der Waals surface area contributed by atoms with Crippen molar-refractivity contribution >= 4 is 0 Å². The van der Waals surface area contributed by atoms with Crippen LogP contribution in [0.5, 0.6) is 0 Å². The molecule has 2 rings (SSSR count). The predicted molar refractivity (Wildman–Crippen MR) is 61.1 cm³/mol. The van der Waals surface area contributed by atoms with Gasteiger partial charge >= 0.3 is 0 Å². The van der Waals surface area contributed by atoms with Crippen molar-refractivity contribution in [3.05, 3.63) is 0 Å². The van der Waals surface area contributed by atoms with Crippen LogP contribution in [0.3, 0.4) is 0 Å². The van der Waals surface area contributed by atoms with Crippen molar-refractivity contribution in [2.45, 2.75) is 58.8 Å². The van der Waals surface area contributed by atoms with Crippen LogP contribution in [0.2, 0.25) is 0 Å². The van der Waals surface area contributed by atoms with Gasteiger partial charge < -0.3 is 5.73 Å². The van der Waals surface area contributed by atoms with E-state index in [1.807, 2.05) is 0 Å². The van der Waals surface area contributed by atoms with E-state index >= 15 is 0 Å². The van der Waals surface area contributed by atoms with Crippen LogP contribution < -0.4 is 5.73 Å². The van der Waals surface area contributed by atoms with Crippen molar-refractivity contribution in [3.8, 4) is 0 Å². The zero-order chi connectivity index (χ0) is 10.2. The van der Waals surface area contributed by atoms with Gasteiger partial charge in [0.25, 0.3) is 0 Å². The van der Waals surface area contributed by atoms with E-state index in [1.165, 1.54) is 44.9 Å². The average molecular weight is 195 g/mol. The summed E-state index contributed by atoms with van der Waals surface area (Å²) in [6.45, 7) is 5.75. The first kappa shape index (κ1) is 10.5. The van der Waals surface area contributed by atoms with Crippen LogP contribution >= 0.6 is 0 Å². The van der Waals surface area contributed by atoms with Crippen LogP contribution in [-0.2, 0) is 0 Å². The fourth-order valence-electron chi connectivity index (χ4n) is 3.27. The summed E-state index contributed by atoms with van der Waals surface area (Å²) in [5.41, 5.74) is 7.05. The Morgan fingerprint density at radius 2 is 1.64 bits per heavy atom. The Morgan fingerprint density at radius 3 is 2.07 bits per heavy atom. The van der Waals surface area contributed by atoms with E-state index < -0.39 is 0 Å². The molecule has 0 unspecified atom stereocenters. The topological polar surface area (TPSA) is 26.0 Å². The second-order valence-corrected chi connectivity index (χ2v) is 6.34. The van der Waals surface area contributed by atoms with Gasteiger partial charge in [-0.15, -0.1) is 0 Å². The summed E-state index contributed by atoms with van der Waals surface area (Å²) in [5, 5.41) is 0. The Hall–Kier alpha value is -0.0400. The minimum absolute atomic E-state index is 0.604. The third kappa shape index (κ3) is 1.98. The molecular formula is C13H25N. The van der Waals surface area contributed by atoms with Crippen LogP contribution in [0.15, 0.2) is 0 Å². The first-order chi connectivity index (χ1) is 6.58. The Kier molecular flexibility index (Phi) is 2.63. The molecule has 2 fully saturated rings. The lowest BCUT2D eigenvalue weighted by Crippen LogP contribution is -2.34. The summed E-state index contributed by atoms with van der Waals surface area (Å²) in [4.78, 5) is 0. The molecule has 2 saturated carbocycles. The van der Waals surface area contributed by atoms with Gasteiger partial charge in [-0.2, -0.15) is 0 Å². The minimum Gasteiger partial charge on any atom is -0.330 e. The highest BCUT2D eigenvalue weighted by Gasteiger charge is 2.47. The lowest BCUT2D eigenvalue weighted by molar-refractivity contribution is 0.0736. The van der Waals surface area contributed by atoms with E-state index in [1.54, 1.807) is 0 Å². The van der Waals surface area contributed by atoms with Gasteiger partial charge in [0.1, 0.15) is 0 Å². The molecule has 0 aromatic heterocycles. The normalized spacial score (nSPS) is 30.2. The molecule has 0 atom stereocenters. The second kappa shape index (κ2) is 3.52. The summed E-state index contributed by atoms with van der Waals surface area (Å²) in [5.74, 6) is 1.04. The van der Waals surface area contributed by atoms with E-state index in [2.05, 4.69) is 13.8 Å². The average Bonchev–Trinajstić information content (AvgIpc) is 2.93. The highest BCUT2D eigenvalue weighted by molar-refractivity contribution is 4.98. The molecule has 0 aliphatic heterocycles. The number of hydrogen-bond donors (Lipinski definition) is 1. The van der Waals surface area contributed by atoms with E-state index in [9.17, 15) is 0 Å². The van der Waals surface area contributed by atoms with Crippen LogP contribution in [0, 0.1) is 16.7 Å². The lowest BCUT2D eigenvalue weighted by Gasteiger charge is -2.44. The standard InChI is InChI=1S/C13H25N/c1-12(2)5-7-13(8-6-12,9-10-14)11-3-4-11/h11H,3-10,14H2,1-2H3. The van der Waals surface area contributed by atoms with E-state index in [0.717, 1.165) is 12.5 Å². The molecule has 1 heteroatoms. The van der Waals surface area contributed by atoms with Gasteiger partial charge in [-0.1, -0.05) is 13.8 Å². The van der Waals surface area contributed by atoms with Gasteiger partial charge in [0.2, 0.25) is 0 Å². The monoisotopic (exact) mass is 195 g/mol. The zero-order valence-electron chi connectivity index (χ0n) is 9.81. The molecule has 0 aromatic rings. The first-order valence-corrected chi connectivity index (χ1v) is 6.28. The van der Waals surface area contributed by atoms with Gasteiger partial charge in [-0.05, 0) is 68.2 Å². The molecule has 0 aromatic carbocycles. The lowest BCUT2D eigenvalue weighted by atomic mass is 9.61.